The monoisotopic (exact) mass is 257 g/mol. The first kappa shape index (κ1) is 11.0. The van der Waals surface area contributed by atoms with Gasteiger partial charge in [-0.3, -0.25) is 4.40 Å². The van der Waals surface area contributed by atoms with Crippen LogP contribution in [0.4, 0.5) is 5.82 Å². The maximum Gasteiger partial charge on any atom is 0.233 e. The maximum atomic E-state index is 5.54. The van der Waals surface area contributed by atoms with Gasteiger partial charge in [0.1, 0.15) is 5.82 Å². The van der Waals surface area contributed by atoms with E-state index in [-0.39, 0.29) is 0 Å². The predicted octanol–water partition coefficient (Wildman–Crippen LogP) is 2.00. The Labute approximate surface area is 108 Å². The zero-order valence-electron chi connectivity index (χ0n) is 9.52. The minimum absolute atomic E-state index is 0.538. The van der Waals surface area contributed by atoms with E-state index in [2.05, 4.69) is 15.0 Å². The zero-order chi connectivity index (χ0) is 12.4. The van der Waals surface area contributed by atoms with Gasteiger partial charge in [-0.25, -0.2) is 15.0 Å². The molecule has 3 aromatic heterocycles. The average Bonchev–Trinajstić information content (AvgIpc) is 2.81. The first-order valence-electron chi connectivity index (χ1n) is 5.44. The van der Waals surface area contributed by atoms with E-state index in [1.54, 1.807) is 30.2 Å². The smallest absolute Gasteiger partial charge is 0.233 e. The van der Waals surface area contributed by atoms with Crippen LogP contribution in [-0.4, -0.2) is 19.4 Å². The van der Waals surface area contributed by atoms with E-state index < -0.39 is 0 Å². The Bertz CT molecular complexity index is 629. The van der Waals surface area contributed by atoms with Crippen LogP contribution in [0.2, 0.25) is 0 Å². The van der Waals surface area contributed by atoms with E-state index in [1.165, 1.54) is 0 Å². The molecule has 0 atom stereocenters. The number of aromatic nitrogens is 4. The lowest BCUT2D eigenvalue weighted by Gasteiger charge is -1.98. The molecule has 0 saturated heterocycles. The quantitative estimate of drug-likeness (QED) is 0.727. The average molecular weight is 257 g/mol. The highest BCUT2D eigenvalue weighted by atomic mass is 32.2. The van der Waals surface area contributed by atoms with Crippen molar-refractivity contribution in [3.8, 4) is 0 Å². The topological polar surface area (TPSA) is 69.1 Å². The van der Waals surface area contributed by atoms with Gasteiger partial charge >= 0.3 is 0 Å². The van der Waals surface area contributed by atoms with Crippen molar-refractivity contribution in [3.05, 3.63) is 48.7 Å². The summed E-state index contributed by atoms with van der Waals surface area (Å²) in [5.41, 5.74) is 6.54. The molecule has 0 bridgehead atoms. The van der Waals surface area contributed by atoms with Crippen LogP contribution in [0.5, 0.6) is 0 Å². The molecular weight excluding hydrogens is 246 g/mol. The molecular formula is C12H11N5S. The van der Waals surface area contributed by atoms with Crippen molar-refractivity contribution in [1.82, 2.24) is 19.4 Å². The number of nitrogen functional groups attached to an aromatic ring is 1. The van der Waals surface area contributed by atoms with Crippen LogP contribution in [-0.2, 0) is 5.75 Å². The molecule has 18 heavy (non-hydrogen) atoms. The van der Waals surface area contributed by atoms with Gasteiger partial charge in [-0.1, -0.05) is 0 Å². The van der Waals surface area contributed by atoms with Gasteiger partial charge in [0.05, 0.1) is 5.69 Å². The minimum Gasteiger partial charge on any atom is -0.384 e. The molecule has 3 aromatic rings. The third kappa shape index (κ3) is 2.28. The summed E-state index contributed by atoms with van der Waals surface area (Å²) in [6, 6.07) is 5.64. The lowest BCUT2D eigenvalue weighted by molar-refractivity contribution is 1.11. The maximum absolute atomic E-state index is 5.54. The van der Waals surface area contributed by atoms with Gasteiger partial charge in [-0.2, -0.15) is 0 Å². The Hall–Kier alpha value is -2.08. The number of rotatable bonds is 3. The fourth-order valence-corrected chi connectivity index (χ4v) is 2.33. The standard InChI is InChI=1S/C12H11N5S/c13-11-3-2-10(6-15-11)18-8-9-7-17-5-1-4-14-12(17)16-9/h1-7H,8H2,(H2,13,15). The minimum atomic E-state index is 0.538. The summed E-state index contributed by atoms with van der Waals surface area (Å²) in [5, 5.41) is 0. The molecule has 0 fully saturated rings. The number of nitrogens with zero attached hydrogens (tertiary/aromatic N) is 4. The van der Waals surface area contributed by atoms with Crippen molar-refractivity contribution in [3.63, 3.8) is 0 Å². The second-order valence-corrected chi connectivity index (χ2v) is 4.82. The fraction of sp³-hybridized carbons (Fsp3) is 0.0833. The number of hydrogen-bond acceptors (Lipinski definition) is 5. The number of imidazole rings is 1. The molecule has 0 amide bonds. The number of nitrogens with two attached hydrogens (primary N) is 1. The van der Waals surface area contributed by atoms with E-state index >= 15 is 0 Å². The number of fused-ring (bicyclic) bond motifs is 1. The Kier molecular flexibility index (Phi) is 2.85. The van der Waals surface area contributed by atoms with Crippen LogP contribution in [0, 0.1) is 0 Å². The Morgan fingerprint density at radius 1 is 1.28 bits per heavy atom. The van der Waals surface area contributed by atoms with E-state index in [1.807, 2.05) is 28.9 Å². The van der Waals surface area contributed by atoms with Gasteiger partial charge in [0.15, 0.2) is 0 Å². The Balaban J connectivity index is 1.74. The van der Waals surface area contributed by atoms with Gasteiger partial charge in [0.25, 0.3) is 0 Å². The van der Waals surface area contributed by atoms with Crippen molar-refractivity contribution in [1.29, 1.82) is 0 Å². The predicted molar refractivity (Wildman–Crippen MR) is 71.2 cm³/mol. The largest absolute Gasteiger partial charge is 0.384 e. The molecule has 0 aromatic carbocycles. The number of thioether (sulfide) groups is 1. The van der Waals surface area contributed by atoms with E-state index in [0.717, 1.165) is 22.1 Å². The molecule has 0 aliphatic carbocycles. The highest BCUT2D eigenvalue weighted by molar-refractivity contribution is 7.98. The summed E-state index contributed by atoms with van der Waals surface area (Å²) >= 11 is 1.68. The van der Waals surface area contributed by atoms with Crippen LogP contribution in [0.15, 0.2) is 47.9 Å². The first-order valence-corrected chi connectivity index (χ1v) is 6.43. The van der Waals surface area contributed by atoms with Crippen molar-refractivity contribution in [2.24, 2.45) is 0 Å². The van der Waals surface area contributed by atoms with Gasteiger partial charge in [0, 0.05) is 35.4 Å². The molecule has 3 heterocycles. The third-order valence-corrected chi connectivity index (χ3v) is 3.45. The molecule has 0 saturated carbocycles. The van der Waals surface area contributed by atoms with E-state index in [4.69, 9.17) is 5.73 Å². The molecule has 5 nitrogen and oxygen atoms in total. The van der Waals surface area contributed by atoms with Gasteiger partial charge in [-0.05, 0) is 18.2 Å². The van der Waals surface area contributed by atoms with E-state index in [0.29, 0.717) is 5.82 Å². The van der Waals surface area contributed by atoms with Crippen LogP contribution in [0.3, 0.4) is 0 Å². The van der Waals surface area contributed by atoms with Crippen LogP contribution < -0.4 is 5.73 Å². The van der Waals surface area contributed by atoms with Gasteiger partial charge < -0.3 is 5.73 Å². The Morgan fingerprint density at radius 3 is 3.00 bits per heavy atom. The van der Waals surface area contributed by atoms with Gasteiger partial charge in [-0.15, -0.1) is 11.8 Å². The van der Waals surface area contributed by atoms with E-state index in [9.17, 15) is 0 Å². The van der Waals surface area contributed by atoms with Gasteiger partial charge in [0.2, 0.25) is 5.78 Å². The number of hydrogen-bond donors (Lipinski definition) is 1. The number of pyridine rings is 1. The number of anilines is 1. The summed E-state index contributed by atoms with van der Waals surface area (Å²) < 4.78 is 1.91. The fourth-order valence-electron chi connectivity index (χ4n) is 1.58. The van der Waals surface area contributed by atoms with Crippen molar-refractivity contribution in [2.75, 3.05) is 5.73 Å². The summed E-state index contributed by atoms with van der Waals surface area (Å²) in [6.45, 7) is 0. The third-order valence-electron chi connectivity index (χ3n) is 2.43. The van der Waals surface area contributed by atoms with Crippen molar-refractivity contribution < 1.29 is 0 Å². The molecule has 90 valence electrons. The molecule has 0 radical (unpaired) electrons. The summed E-state index contributed by atoms with van der Waals surface area (Å²) in [5.74, 6) is 2.05. The van der Waals surface area contributed by atoms with Crippen molar-refractivity contribution >= 4 is 23.4 Å². The van der Waals surface area contributed by atoms with Crippen molar-refractivity contribution in [2.45, 2.75) is 10.6 Å². The lowest BCUT2D eigenvalue weighted by Crippen LogP contribution is -1.88. The molecule has 0 spiro atoms. The first-order chi connectivity index (χ1) is 8.81. The summed E-state index contributed by atoms with van der Waals surface area (Å²) in [6.07, 6.45) is 7.44. The van der Waals surface area contributed by atoms with Crippen LogP contribution in [0.1, 0.15) is 5.69 Å². The summed E-state index contributed by atoms with van der Waals surface area (Å²) in [7, 11) is 0. The normalized spacial score (nSPS) is 10.9. The molecule has 2 N–H and O–H groups in total. The Morgan fingerprint density at radius 2 is 2.22 bits per heavy atom. The highest BCUT2D eigenvalue weighted by Gasteiger charge is 2.03. The molecule has 0 aliphatic heterocycles. The molecule has 0 unspecified atom stereocenters. The lowest BCUT2D eigenvalue weighted by atomic mass is 10.5. The molecule has 3 rings (SSSR count). The SMILES string of the molecule is Nc1ccc(SCc2cn3cccnc3n2)cn1. The summed E-state index contributed by atoms with van der Waals surface area (Å²) in [4.78, 5) is 13.7. The molecule has 6 heteroatoms. The second-order valence-electron chi connectivity index (χ2n) is 3.77. The zero-order valence-corrected chi connectivity index (χ0v) is 10.3. The van der Waals surface area contributed by atoms with Crippen LogP contribution in [0.25, 0.3) is 5.78 Å². The highest BCUT2D eigenvalue weighted by Crippen LogP contribution is 2.21. The molecule has 0 aliphatic rings. The van der Waals surface area contributed by atoms with Crippen LogP contribution >= 0.6 is 11.8 Å². The second kappa shape index (κ2) is 4.66.